The molecule has 5 nitrogen and oxygen atoms in total. The summed E-state index contributed by atoms with van der Waals surface area (Å²) in [7, 11) is 0. The molecule has 2 rings (SSSR count). The fourth-order valence-corrected chi connectivity index (χ4v) is 1.77. The number of carboxylic acids is 1. The molecule has 0 heterocycles. The van der Waals surface area contributed by atoms with E-state index >= 15 is 0 Å². The number of nitrogens with two attached hydrogens (primary N) is 1. The molecule has 2 aromatic carbocycles. The quantitative estimate of drug-likeness (QED) is 0.595. The first-order valence-electron chi connectivity index (χ1n) is 6.31. The third kappa shape index (κ3) is 3.54. The topological polar surface area (TPSA) is 99.5 Å². The minimum atomic E-state index is -1.04. The summed E-state index contributed by atoms with van der Waals surface area (Å²) in [6, 6.07) is 13.5. The number of aliphatic imine (C=N–C) groups is 1. The lowest BCUT2D eigenvalue weighted by Gasteiger charge is -2.04. The molecule has 0 aliphatic rings. The predicted molar refractivity (Wildman–Crippen MR) is 82.1 cm³/mol. The van der Waals surface area contributed by atoms with Crippen molar-refractivity contribution in [1.82, 2.24) is 0 Å². The van der Waals surface area contributed by atoms with Crippen LogP contribution in [0.4, 0.5) is 0 Å². The lowest BCUT2D eigenvalue weighted by molar-refractivity contribution is 0.0697. The minimum absolute atomic E-state index is 0.0730. The van der Waals surface area contributed by atoms with Crippen LogP contribution in [0.1, 0.15) is 27.0 Å². The summed E-state index contributed by atoms with van der Waals surface area (Å²) in [5.41, 5.74) is 8.22. The maximum atomic E-state index is 10.9. The van der Waals surface area contributed by atoms with Crippen LogP contribution in [0.25, 0.3) is 0 Å². The van der Waals surface area contributed by atoms with Gasteiger partial charge in [0.2, 0.25) is 0 Å². The van der Waals surface area contributed by atoms with Crippen molar-refractivity contribution in [3.05, 3.63) is 70.8 Å². The zero-order valence-electron chi connectivity index (χ0n) is 11.5. The molecule has 0 amide bonds. The summed E-state index contributed by atoms with van der Waals surface area (Å²) in [5, 5.41) is 16.9. The number of benzene rings is 2. The molecule has 106 valence electrons. The fraction of sp³-hybridized carbons (Fsp3) is 0.0625. The van der Waals surface area contributed by atoms with E-state index in [9.17, 15) is 4.79 Å². The van der Waals surface area contributed by atoms with Crippen molar-refractivity contribution < 1.29 is 9.90 Å². The summed E-state index contributed by atoms with van der Waals surface area (Å²) >= 11 is 0. The lowest BCUT2D eigenvalue weighted by Crippen LogP contribution is -2.16. The summed E-state index contributed by atoms with van der Waals surface area (Å²) in [5.74, 6) is -0.892. The highest BCUT2D eigenvalue weighted by Crippen LogP contribution is 2.08. The normalized spacial score (nSPS) is 11.2. The van der Waals surface area contributed by atoms with Crippen LogP contribution >= 0.6 is 0 Å². The van der Waals surface area contributed by atoms with Crippen molar-refractivity contribution in [2.45, 2.75) is 6.92 Å². The second-order valence-electron chi connectivity index (χ2n) is 4.60. The smallest absolute Gasteiger partial charge is 0.335 e. The fourth-order valence-electron chi connectivity index (χ4n) is 1.77. The third-order valence-electron chi connectivity index (χ3n) is 2.96. The molecular formula is C16H15N3O2. The van der Waals surface area contributed by atoms with E-state index in [2.05, 4.69) is 4.99 Å². The number of hydrogen-bond acceptors (Lipinski definition) is 2. The Morgan fingerprint density at radius 1 is 1.10 bits per heavy atom. The van der Waals surface area contributed by atoms with Gasteiger partial charge in [0.25, 0.3) is 0 Å². The minimum Gasteiger partial charge on any atom is -0.478 e. The lowest BCUT2D eigenvalue weighted by atomic mass is 10.1. The van der Waals surface area contributed by atoms with Crippen LogP contribution in [-0.4, -0.2) is 22.7 Å². The second kappa shape index (κ2) is 6.00. The van der Waals surface area contributed by atoms with Gasteiger partial charge in [-0.05, 0) is 19.1 Å². The van der Waals surface area contributed by atoms with E-state index in [0.717, 1.165) is 11.1 Å². The molecule has 5 heteroatoms. The van der Waals surface area contributed by atoms with Crippen molar-refractivity contribution in [3.8, 4) is 0 Å². The largest absolute Gasteiger partial charge is 0.478 e. The van der Waals surface area contributed by atoms with Gasteiger partial charge in [-0.25, -0.2) is 9.79 Å². The number of carboxylic acid groups (broad SMARTS) is 1. The summed E-state index contributed by atoms with van der Waals surface area (Å²) in [6.45, 7) is 1.97. The SMILES string of the molecule is Cc1ccc(C(N)=NC(=N)c2cccc(C(=O)O)c2)cc1. The molecule has 0 aliphatic carbocycles. The zero-order valence-corrected chi connectivity index (χ0v) is 11.5. The van der Waals surface area contributed by atoms with E-state index in [1.165, 1.54) is 12.1 Å². The molecule has 4 N–H and O–H groups in total. The molecule has 0 unspecified atom stereocenters. The van der Waals surface area contributed by atoms with E-state index in [1.54, 1.807) is 12.1 Å². The number of amidine groups is 2. The highest BCUT2D eigenvalue weighted by atomic mass is 16.4. The van der Waals surface area contributed by atoms with Gasteiger partial charge in [0.05, 0.1) is 5.56 Å². The Kier molecular flexibility index (Phi) is 4.13. The number of rotatable bonds is 3. The second-order valence-corrected chi connectivity index (χ2v) is 4.60. The standard InChI is InChI=1S/C16H15N3O2/c1-10-5-7-11(8-6-10)14(17)19-15(18)12-3-2-4-13(9-12)16(20)21/h2-9H,1H3,(H,20,21)(H3,17,18,19). The number of aryl methyl sites for hydroxylation is 1. The Balaban J connectivity index is 2.27. The van der Waals surface area contributed by atoms with Crippen molar-refractivity contribution in [2.24, 2.45) is 10.7 Å². The van der Waals surface area contributed by atoms with Gasteiger partial charge in [0, 0.05) is 11.1 Å². The first-order chi connectivity index (χ1) is 9.97. The molecule has 21 heavy (non-hydrogen) atoms. The van der Waals surface area contributed by atoms with Crippen molar-refractivity contribution >= 4 is 17.6 Å². The van der Waals surface area contributed by atoms with Crippen LogP contribution < -0.4 is 5.73 Å². The Hall–Kier alpha value is -2.95. The van der Waals surface area contributed by atoms with E-state index < -0.39 is 5.97 Å². The molecule has 0 aliphatic heterocycles. The molecule has 0 spiro atoms. The van der Waals surface area contributed by atoms with Crippen LogP contribution in [0.5, 0.6) is 0 Å². The van der Waals surface area contributed by atoms with Crippen LogP contribution in [0.15, 0.2) is 53.5 Å². The monoisotopic (exact) mass is 281 g/mol. The average Bonchev–Trinajstić information content (AvgIpc) is 2.48. The molecule has 0 bridgehead atoms. The zero-order chi connectivity index (χ0) is 15.4. The number of nitrogens with zero attached hydrogens (tertiary/aromatic N) is 1. The van der Waals surface area contributed by atoms with Gasteiger partial charge in [-0.1, -0.05) is 42.0 Å². The van der Waals surface area contributed by atoms with Crippen molar-refractivity contribution in [3.63, 3.8) is 0 Å². The molecule has 0 aromatic heterocycles. The van der Waals surface area contributed by atoms with Gasteiger partial charge in [0.15, 0.2) is 5.84 Å². The third-order valence-corrected chi connectivity index (χ3v) is 2.96. The summed E-state index contributed by atoms with van der Waals surface area (Å²) in [4.78, 5) is 15.0. The Labute approximate surface area is 122 Å². The maximum Gasteiger partial charge on any atom is 0.335 e. The van der Waals surface area contributed by atoms with Crippen LogP contribution in [-0.2, 0) is 0 Å². The maximum absolute atomic E-state index is 10.9. The number of nitrogens with one attached hydrogen (secondary N) is 1. The molecule has 0 saturated heterocycles. The number of aromatic carboxylic acids is 1. The van der Waals surface area contributed by atoms with Gasteiger partial charge in [-0.15, -0.1) is 0 Å². The highest BCUT2D eigenvalue weighted by molar-refractivity contribution is 6.10. The van der Waals surface area contributed by atoms with E-state index in [-0.39, 0.29) is 17.2 Å². The molecule has 2 aromatic rings. The Morgan fingerprint density at radius 3 is 2.33 bits per heavy atom. The van der Waals surface area contributed by atoms with Gasteiger partial charge in [-0.3, -0.25) is 5.41 Å². The van der Waals surface area contributed by atoms with Gasteiger partial charge in [-0.2, -0.15) is 0 Å². The van der Waals surface area contributed by atoms with Gasteiger partial charge >= 0.3 is 5.97 Å². The predicted octanol–water partition coefficient (Wildman–Crippen LogP) is 2.42. The molecule has 0 radical (unpaired) electrons. The summed E-state index contributed by atoms with van der Waals surface area (Å²) < 4.78 is 0. The molecule has 0 atom stereocenters. The Bertz CT molecular complexity index is 719. The van der Waals surface area contributed by atoms with Gasteiger partial charge < -0.3 is 10.8 Å². The molecule has 0 fully saturated rings. The number of hydrogen-bond donors (Lipinski definition) is 3. The molecule has 0 saturated carbocycles. The Morgan fingerprint density at radius 2 is 1.71 bits per heavy atom. The first kappa shape index (κ1) is 14.5. The van der Waals surface area contributed by atoms with Gasteiger partial charge in [0.1, 0.15) is 5.84 Å². The van der Waals surface area contributed by atoms with Crippen LogP contribution in [0, 0.1) is 12.3 Å². The van der Waals surface area contributed by atoms with Crippen LogP contribution in [0.2, 0.25) is 0 Å². The molecular weight excluding hydrogens is 266 g/mol. The van der Waals surface area contributed by atoms with Crippen molar-refractivity contribution in [1.29, 1.82) is 5.41 Å². The first-order valence-corrected chi connectivity index (χ1v) is 6.31. The van der Waals surface area contributed by atoms with Crippen molar-refractivity contribution in [2.75, 3.05) is 0 Å². The summed E-state index contributed by atoms with van der Waals surface area (Å²) in [6.07, 6.45) is 0. The van der Waals surface area contributed by atoms with E-state index in [0.29, 0.717) is 5.56 Å². The highest BCUT2D eigenvalue weighted by Gasteiger charge is 2.07. The van der Waals surface area contributed by atoms with Crippen LogP contribution in [0.3, 0.4) is 0 Å². The van der Waals surface area contributed by atoms with E-state index in [1.807, 2.05) is 31.2 Å². The van der Waals surface area contributed by atoms with E-state index in [4.69, 9.17) is 16.2 Å². The number of carbonyl (C=O) groups is 1. The average molecular weight is 281 g/mol.